The van der Waals surface area contributed by atoms with Crippen molar-refractivity contribution >= 4 is 29.1 Å². The summed E-state index contributed by atoms with van der Waals surface area (Å²) in [6.45, 7) is 4.01. The summed E-state index contributed by atoms with van der Waals surface area (Å²) in [4.78, 5) is 41.2. The van der Waals surface area contributed by atoms with E-state index in [4.69, 9.17) is 4.74 Å². The highest BCUT2D eigenvalue weighted by Crippen LogP contribution is 2.36. The van der Waals surface area contributed by atoms with Crippen molar-refractivity contribution in [3.63, 3.8) is 0 Å². The van der Waals surface area contributed by atoms with E-state index in [1.165, 1.54) is 24.3 Å². The molecule has 0 unspecified atom stereocenters. The van der Waals surface area contributed by atoms with Gasteiger partial charge in [0, 0.05) is 25.2 Å². The molecule has 2 heterocycles. The minimum Gasteiger partial charge on any atom is -0.378 e. The fraction of sp³-hybridized carbons (Fsp3) is 0.375. The predicted molar refractivity (Wildman–Crippen MR) is 119 cm³/mol. The number of ether oxygens (including phenoxy) is 1. The van der Waals surface area contributed by atoms with Crippen LogP contribution in [0.15, 0.2) is 36.4 Å². The molecule has 0 saturated carbocycles. The highest BCUT2D eigenvalue weighted by molar-refractivity contribution is 6.22. The minimum atomic E-state index is -4.58. The van der Waals surface area contributed by atoms with Crippen molar-refractivity contribution in [3.05, 3.63) is 58.7 Å². The number of unbranched alkanes of at least 4 members (excludes halogenated alkanes) is 1. The van der Waals surface area contributed by atoms with Crippen molar-refractivity contribution in [2.45, 2.75) is 25.9 Å². The molecule has 180 valence electrons. The van der Waals surface area contributed by atoms with Crippen LogP contribution in [-0.4, -0.2) is 55.5 Å². The topological polar surface area (TPSA) is 79.0 Å². The molecule has 3 amide bonds. The number of rotatable bonds is 6. The number of alkyl halides is 3. The number of anilines is 2. The Bertz CT molecular complexity index is 1130. The predicted octanol–water partition coefficient (Wildman–Crippen LogP) is 4.19. The molecule has 4 rings (SSSR count). The number of carbonyl (C=O) groups excluding carboxylic acids is 3. The summed E-state index contributed by atoms with van der Waals surface area (Å²) in [6, 6.07) is 7.33. The van der Waals surface area contributed by atoms with Gasteiger partial charge in [0.1, 0.15) is 0 Å². The first-order chi connectivity index (χ1) is 16.2. The smallest absolute Gasteiger partial charge is 0.378 e. The minimum absolute atomic E-state index is 0.00852. The Morgan fingerprint density at radius 2 is 1.74 bits per heavy atom. The Hall–Kier alpha value is -3.40. The highest BCUT2D eigenvalue weighted by Gasteiger charge is 2.36. The third kappa shape index (κ3) is 4.63. The molecular weight excluding hydrogens is 451 g/mol. The van der Waals surface area contributed by atoms with Crippen LogP contribution in [0.5, 0.6) is 0 Å². The van der Waals surface area contributed by atoms with Crippen molar-refractivity contribution in [2.24, 2.45) is 0 Å². The maximum atomic E-state index is 13.3. The zero-order chi connectivity index (χ0) is 24.5. The zero-order valence-electron chi connectivity index (χ0n) is 18.6. The first kappa shape index (κ1) is 23.7. The van der Waals surface area contributed by atoms with Crippen molar-refractivity contribution < 1.29 is 32.3 Å². The molecule has 34 heavy (non-hydrogen) atoms. The van der Waals surface area contributed by atoms with E-state index in [1.807, 2.05) is 11.8 Å². The van der Waals surface area contributed by atoms with E-state index in [0.717, 1.165) is 23.5 Å². The molecule has 1 N–H and O–H groups in total. The Morgan fingerprint density at radius 1 is 1.03 bits per heavy atom. The first-order valence-electron chi connectivity index (χ1n) is 11.1. The van der Waals surface area contributed by atoms with E-state index in [0.29, 0.717) is 38.4 Å². The quantitative estimate of drug-likeness (QED) is 0.634. The Morgan fingerprint density at radius 3 is 2.41 bits per heavy atom. The fourth-order valence-corrected chi connectivity index (χ4v) is 4.04. The summed E-state index contributed by atoms with van der Waals surface area (Å²) in [5.74, 6) is -1.56. The summed E-state index contributed by atoms with van der Waals surface area (Å²) < 4.78 is 45.3. The molecule has 2 aliphatic heterocycles. The van der Waals surface area contributed by atoms with Crippen LogP contribution in [0.1, 0.15) is 56.4 Å². The second-order valence-corrected chi connectivity index (χ2v) is 8.16. The maximum Gasteiger partial charge on any atom is 0.416 e. The van der Waals surface area contributed by atoms with Gasteiger partial charge in [-0.3, -0.25) is 19.3 Å². The van der Waals surface area contributed by atoms with Crippen LogP contribution >= 0.6 is 0 Å². The molecule has 2 aliphatic rings. The number of hydrogen-bond donors (Lipinski definition) is 1. The number of benzene rings is 2. The molecule has 1 fully saturated rings. The van der Waals surface area contributed by atoms with Gasteiger partial charge in [0.2, 0.25) is 0 Å². The van der Waals surface area contributed by atoms with E-state index >= 15 is 0 Å². The fourth-order valence-electron chi connectivity index (χ4n) is 4.04. The molecule has 2 aromatic carbocycles. The number of carbonyl (C=O) groups is 3. The molecule has 1 saturated heterocycles. The number of fused-ring (bicyclic) bond motifs is 1. The number of amides is 3. The van der Waals surface area contributed by atoms with E-state index in [1.54, 1.807) is 0 Å². The van der Waals surface area contributed by atoms with Gasteiger partial charge in [0.25, 0.3) is 17.7 Å². The van der Waals surface area contributed by atoms with Crippen LogP contribution in [0.25, 0.3) is 0 Å². The van der Waals surface area contributed by atoms with E-state index in [2.05, 4.69) is 5.32 Å². The van der Waals surface area contributed by atoms with E-state index in [-0.39, 0.29) is 28.9 Å². The molecular formula is C24H24F3N3O4. The summed E-state index contributed by atoms with van der Waals surface area (Å²) in [6.07, 6.45) is -3.10. The van der Waals surface area contributed by atoms with Gasteiger partial charge in [-0.1, -0.05) is 13.3 Å². The summed E-state index contributed by atoms with van der Waals surface area (Å²) in [5.41, 5.74) is -0.0300. The van der Waals surface area contributed by atoms with Crippen molar-refractivity contribution in [1.29, 1.82) is 0 Å². The second-order valence-electron chi connectivity index (χ2n) is 8.16. The number of nitrogens with one attached hydrogen (secondary N) is 1. The molecule has 0 spiro atoms. The van der Waals surface area contributed by atoms with Gasteiger partial charge >= 0.3 is 6.18 Å². The van der Waals surface area contributed by atoms with Gasteiger partial charge in [0.15, 0.2) is 0 Å². The van der Waals surface area contributed by atoms with Crippen molar-refractivity contribution in [1.82, 2.24) is 4.90 Å². The van der Waals surface area contributed by atoms with E-state index < -0.39 is 29.5 Å². The largest absolute Gasteiger partial charge is 0.416 e. The van der Waals surface area contributed by atoms with E-state index in [9.17, 15) is 27.6 Å². The number of nitrogens with zero attached hydrogens (tertiary/aromatic N) is 2. The monoisotopic (exact) mass is 475 g/mol. The standard InChI is InChI=1S/C24H24F3N3O4/c1-2-3-8-30-22(32)17-6-4-15(13-18(17)23(30)33)21(31)28-19-14-16(24(25,26)27)5-7-20(19)29-9-11-34-12-10-29/h4-7,13-14H,2-3,8-12H2,1H3,(H,28,31). The number of imide groups is 1. The summed E-state index contributed by atoms with van der Waals surface area (Å²) >= 11 is 0. The lowest BCUT2D eigenvalue weighted by Gasteiger charge is -2.31. The average molecular weight is 475 g/mol. The zero-order valence-corrected chi connectivity index (χ0v) is 18.6. The van der Waals surface area contributed by atoms with Gasteiger partial charge < -0.3 is 15.0 Å². The lowest BCUT2D eigenvalue weighted by molar-refractivity contribution is -0.137. The van der Waals surface area contributed by atoms with Crippen LogP contribution in [0.2, 0.25) is 0 Å². The molecule has 0 atom stereocenters. The Labute approximate surface area is 194 Å². The van der Waals surface area contributed by atoms with Crippen molar-refractivity contribution in [2.75, 3.05) is 43.1 Å². The summed E-state index contributed by atoms with van der Waals surface area (Å²) in [7, 11) is 0. The lowest BCUT2D eigenvalue weighted by atomic mass is 10.0. The first-order valence-corrected chi connectivity index (χ1v) is 11.1. The van der Waals surface area contributed by atoms with Gasteiger partial charge in [-0.2, -0.15) is 13.2 Å². The van der Waals surface area contributed by atoms with Crippen LogP contribution in [0.3, 0.4) is 0 Å². The van der Waals surface area contributed by atoms with Crippen LogP contribution in [0.4, 0.5) is 24.5 Å². The number of halogens is 3. The van der Waals surface area contributed by atoms with Gasteiger partial charge in [-0.05, 0) is 42.8 Å². The highest BCUT2D eigenvalue weighted by atomic mass is 19.4. The van der Waals surface area contributed by atoms with Gasteiger partial charge in [-0.15, -0.1) is 0 Å². The molecule has 7 nitrogen and oxygen atoms in total. The van der Waals surface area contributed by atoms with Gasteiger partial charge in [-0.25, -0.2) is 0 Å². The molecule has 0 aliphatic carbocycles. The number of morpholine rings is 1. The molecule has 0 radical (unpaired) electrons. The summed E-state index contributed by atoms with van der Waals surface area (Å²) in [5, 5.41) is 2.57. The third-order valence-electron chi connectivity index (χ3n) is 5.89. The maximum absolute atomic E-state index is 13.3. The Balaban J connectivity index is 1.62. The van der Waals surface area contributed by atoms with Crippen molar-refractivity contribution in [3.8, 4) is 0 Å². The van der Waals surface area contributed by atoms with Crippen LogP contribution in [0, 0.1) is 0 Å². The SMILES string of the molecule is CCCCN1C(=O)c2ccc(C(=O)Nc3cc(C(F)(F)F)ccc3N3CCOCC3)cc2C1=O. The normalized spacial score (nSPS) is 16.1. The van der Waals surface area contributed by atoms with Crippen LogP contribution in [-0.2, 0) is 10.9 Å². The average Bonchev–Trinajstić information content (AvgIpc) is 3.06. The molecule has 10 heteroatoms. The molecule has 0 bridgehead atoms. The third-order valence-corrected chi connectivity index (χ3v) is 5.89. The second kappa shape index (κ2) is 9.46. The Kier molecular flexibility index (Phi) is 6.60. The van der Waals surface area contributed by atoms with Crippen LogP contribution < -0.4 is 10.2 Å². The molecule has 0 aromatic heterocycles. The van der Waals surface area contributed by atoms with Gasteiger partial charge in [0.05, 0.1) is 41.3 Å². The lowest BCUT2D eigenvalue weighted by Crippen LogP contribution is -2.36. The number of hydrogen-bond acceptors (Lipinski definition) is 5. The molecule has 2 aromatic rings.